The number of carbonyl (C=O) groups excluding carboxylic acids is 1. The fourth-order valence-corrected chi connectivity index (χ4v) is 1.48. The van der Waals surface area contributed by atoms with Gasteiger partial charge in [-0.3, -0.25) is 19.9 Å². The number of hydrazine groups is 1. The number of carbonyl (C=O) groups is 1. The fraction of sp³-hybridized carbons (Fsp3) is 0.250. The molecular formula is C12H15N5O2. The van der Waals surface area contributed by atoms with Crippen LogP contribution < -0.4 is 16.0 Å². The predicted molar refractivity (Wildman–Crippen MR) is 68.1 cm³/mol. The van der Waals surface area contributed by atoms with E-state index in [2.05, 4.69) is 10.1 Å². The Morgan fingerprint density at radius 3 is 2.89 bits per heavy atom. The van der Waals surface area contributed by atoms with Gasteiger partial charge in [-0.15, -0.1) is 0 Å². The lowest BCUT2D eigenvalue weighted by atomic mass is 10.2. The average Bonchev–Trinajstić information content (AvgIpc) is 2.93. The van der Waals surface area contributed by atoms with Crippen LogP contribution >= 0.6 is 0 Å². The summed E-state index contributed by atoms with van der Waals surface area (Å²) in [6.07, 6.45) is 4.92. The van der Waals surface area contributed by atoms with Gasteiger partial charge in [0.15, 0.2) is 5.75 Å². The molecule has 0 radical (unpaired) electrons. The van der Waals surface area contributed by atoms with Crippen LogP contribution in [0.2, 0.25) is 0 Å². The number of nitrogen functional groups attached to an aromatic ring is 1. The van der Waals surface area contributed by atoms with Gasteiger partial charge in [0.2, 0.25) is 0 Å². The smallest absolute Gasteiger partial charge is 0.266 e. The third-order valence-electron chi connectivity index (χ3n) is 2.54. The third kappa shape index (κ3) is 3.29. The van der Waals surface area contributed by atoms with Crippen molar-refractivity contribution in [1.29, 1.82) is 0 Å². The van der Waals surface area contributed by atoms with Gasteiger partial charge >= 0.3 is 0 Å². The van der Waals surface area contributed by atoms with Gasteiger partial charge in [-0.05, 0) is 19.1 Å². The van der Waals surface area contributed by atoms with Gasteiger partial charge in [-0.2, -0.15) is 5.10 Å². The summed E-state index contributed by atoms with van der Waals surface area (Å²) < 4.78 is 7.31. The molecule has 0 fully saturated rings. The molecule has 7 nitrogen and oxygen atoms in total. The Bertz CT molecular complexity index is 550. The summed E-state index contributed by atoms with van der Waals surface area (Å²) in [5, 5.41) is 4.10. The molecule has 2 rings (SSSR count). The molecule has 19 heavy (non-hydrogen) atoms. The van der Waals surface area contributed by atoms with Crippen LogP contribution in [-0.2, 0) is 13.2 Å². The monoisotopic (exact) mass is 261 g/mol. The number of nitrogens with zero attached hydrogens (tertiary/aromatic N) is 3. The molecule has 0 aliphatic carbocycles. The summed E-state index contributed by atoms with van der Waals surface area (Å²) in [5.41, 5.74) is 3.17. The zero-order valence-corrected chi connectivity index (χ0v) is 10.5. The van der Waals surface area contributed by atoms with Crippen molar-refractivity contribution in [3.05, 3.63) is 42.0 Å². The van der Waals surface area contributed by atoms with Gasteiger partial charge in [-0.25, -0.2) is 5.84 Å². The van der Waals surface area contributed by atoms with Crippen LogP contribution in [-0.4, -0.2) is 20.7 Å². The number of nitrogens with two attached hydrogens (primary N) is 1. The summed E-state index contributed by atoms with van der Waals surface area (Å²) >= 11 is 0. The van der Waals surface area contributed by atoms with Gasteiger partial charge in [-0.1, -0.05) is 0 Å². The van der Waals surface area contributed by atoms with E-state index in [0.717, 1.165) is 12.2 Å². The molecular weight excluding hydrogens is 246 g/mol. The van der Waals surface area contributed by atoms with Crippen LogP contribution in [0.25, 0.3) is 0 Å². The number of hydrogen-bond acceptors (Lipinski definition) is 5. The molecule has 100 valence electrons. The molecule has 0 aliphatic rings. The Hall–Kier alpha value is -2.41. The minimum atomic E-state index is -0.371. The van der Waals surface area contributed by atoms with Crippen LogP contribution in [0.5, 0.6) is 5.75 Å². The van der Waals surface area contributed by atoms with Crippen molar-refractivity contribution < 1.29 is 9.53 Å². The van der Waals surface area contributed by atoms with Gasteiger partial charge in [0.05, 0.1) is 23.7 Å². The molecule has 0 aromatic carbocycles. The van der Waals surface area contributed by atoms with Crippen molar-refractivity contribution in [2.45, 2.75) is 20.1 Å². The molecule has 2 aromatic rings. The van der Waals surface area contributed by atoms with Gasteiger partial charge in [0.25, 0.3) is 5.91 Å². The maximum Gasteiger partial charge on any atom is 0.266 e. The largest absolute Gasteiger partial charge is 0.484 e. The average molecular weight is 261 g/mol. The second-order valence-corrected chi connectivity index (χ2v) is 3.83. The number of hydrogen-bond donors (Lipinski definition) is 2. The van der Waals surface area contributed by atoms with Crippen LogP contribution in [0.1, 0.15) is 23.0 Å². The predicted octanol–water partition coefficient (Wildman–Crippen LogP) is 0.480. The number of amides is 1. The molecule has 0 aliphatic heterocycles. The van der Waals surface area contributed by atoms with Crippen molar-refractivity contribution in [1.82, 2.24) is 20.2 Å². The summed E-state index contributed by atoms with van der Waals surface area (Å²) in [6, 6.07) is 3.36. The van der Waals surface area contributed by atoms with E-state index in [4.69, 9.17) is 10.6 Å². The summed E-state index contributed by atoms with van der Waals surface area (Å²) in [6.45, 7) is 3.12. The lowest BCUT2D eigenvalue weighted by Crippen LogP contribution is -2.30. The molecule has 0 bridgehead atoms. The number of rotatable bonds is 5. The Kier molecular flexibility index (Phi) is 4.09. The molecule has 1 amide bonds. The molecule has 0 atom stereocenters. The van der Waals surface area contributed by atoms with Crippen molar-refractivity contribution in [2.75, 3.05) is 0 Å². The minimum Gasteiger partial charge on any atom is -0.484 e. The molecule has 2 heterocycles. The Morgan fingerprint density at radius 2 is 2.32 bits per heavy atom. The number of nitrogens with one attached hydrogen (secondary N) is 1. The van der Waals surface area contributed by atoms with E-state index < -0.39 is 0 Å². The van der Waals surface area contributed by atoms with Crippen molar-refractivity contribution >= 4 is 5.91 Å². The highest BCUT2D eigenvalue weighted by atomic mass is 16.5. The summed E-state index contributed by atoms with van der Waals surface area (Å²) in [7, 11) is 0. The number of aromatic nitrogens is 3. The van der Waals surface area contributed by atoms with E-state index in [9.17, 15) is 4.79 Å². The second kappa shape index (κ2) is 5.96. The molecule has 0 spiro atoms. The normalized spacial score (nSPS) is 10.2. The van der Waals surface area contributed by atoms with Gasteiger partial charge in [0.1, 0.15) is 6.61 Å². The van der Waals surface area contributed by atoms with Gasteiger partial charge < -0.3 is 4.74 Å². The Morgan fingerprint density at radius 1 is 1.47 bits per heavy atom. The first-order chi connectivity index (χ1) is 9.22. The maximum atomic E-state index is 11.2. The maximum absolute atomic E-state index is 11.2. The fourth-order valence-electron chi connectivity index (χ4n) is 1.48. The second-order valence-electron chi connectivity index (χ2n) is 3.83. The first-order valence-electron chi connectivity index (χ1n) is 5.84. The quantitative estimate of drug-likeness (QED) is 0.464. The Labute approximate surface area is 110 Å². The van der Waals surface area contributed by atoms with Crippen LogP contribution in [0.15, 0.2) is 30.7 Å². The molecule has 0 unspecified atom stereocenters. The SMILES string of the molecule is CCn1cc(OCc2ccc(C(=O)NN)cn2)cn1. The third-order valence-corrected chi connectivity index (χ3v) is 2.54. The van der Waals surface area contributed by atoms with Crippen molar-refractivity contribution in [3.63, 3.8) is 0 Å². The Balaban J connectivity index is 1.94. The number of pyridine rings is 1. The van der Waals surface area contributed by atoms with E-state index >= 15 is 0 Å². The topological polar surface area (TPSA) is 95.1 Å². The number of ether oxygens (including phenoxy) is 1. The van der Waals surface area contributed by atoms with E-state index in [-0.39, 0.29) is 5.91 Å². The highest BCUT2D eigenvalue weighted by Gasteiger charge is 2.04. The van der Waals surface area contributed by atoms with E-state index in [0.29, 0.717) is 17.9 Å². The first-order valence-corrected chi connectivity index (χ1v) is 5.84. The minimum absolute atomic E-state index is 0.319. The molecule has 7 heteroatoms. The van der Waals surface area contributed by atoms with E-state index in [1.165, 1.54) is 6.20 Å². The zero-order chi connectivity index (χ0) is 13.7. The van der Waals surface area contributed by atoms with Crippen LogP contribution in [0.3, 0.4) is 0 Å². The first kappa shape index (κ1) is 13.0. The summed E-state index contributed by atoms with van der Waals surface area (Å²) in [4.78, 5) is 15.3. The highest BCUT2D eigenvalue weighted by molar-refractivity contribution is 5.93. The number of aryl methyl sites for hydroxylation is 1. The van der Waals surface area contributed by atoms with Crippen molar-refractivity contribution in [2.24, 2.45) is 5.84 Å². The van der Waals surface area contributed by atoms with E-state index in [1.807, 2.05) is 18.5 Å². The lowest BCUT2D eigenvalue weighted by molar-refractivity contribution is 0.0953. The highest BCUT2D eigenvalue weighted by Crippen LogP contribution is 2.10. The molecule has 2 aromatic heterocycles. The van der Waals surface area contributed by atoms with Crippen molar-refractivity contribution in [3.8, 4) is 5.75 Å². The van der Waals surface area contributed by atoms with Crippen LogP contribution in [0, 0.1) is 0 Å². The lowest BCUT2D eigenvalue weighted by Gasteiger charge is -2.04. The van der Waals surface area contributed by atoms with Crippen LogP contribution in [0.4, 0.5) is 0 Å². The summed E-state index contributed by atoms with van der Waals surface area (Å²) in [5.74, 6) is 5.35. The standard InChI is InChI=1S/C12H15N5O2/c1-2-17-7-11(6-15-17)19-8-10-4-3-9(5-14-10)12(18)16-13/h3-7H,2,8,13H2,1H3,(H,16,18). The van der Waals surface area contributed by atoms with Gasteiger partial charge in [0, 0.05) is 12.7 Å². The molecule has 0 saturated heterocycles. The van der Waals surface area contributed by atoms with E-state index in [1.54, 1.807) is 23.0 Å². The molecule has 0 saturated carbocycles. The molecule has 3 N–H and O–H groups in total. The zero-order valence-electron chi connectivity index (χ0n) is 10.5.